The van der Waals surface area contributed by atoms with E-state index in [1.165, 1.54) is 0 Å². The Bertz CT molecular complexity index is 522. The van der Waals surface area contributed by atoms with Crippen molar-refractivity contribution in [2.24, 2.45) is 0 Å². The van der Waals surface area contributed by atoms with Gasteiger partial charge in [0.2, 0.25) is 0 Å². The van der Waals surface area contributed by atoms with Gasteiger partial charge >= 0.3 is 0 Å². The highest BCUT2D eigenvalue weighted by Crippen LogP contribution is 2.28. The summed E-state index contributed by atoms with van der Waals surface area (Å²) in [5, 5.41) is 10.3. The highest BCUT2D eigenvalue weighted by Gasteiger charge is 2.13. The Balaban J connectivity index is 2.39. The molecule has 0 radical (unpaired) electrons. The number of aliphatic hydroxyl groups is 1. The lowest BCUT2D eigenvalue weighted by Gasteiger charge is -2.14. The third kappa shape index (κ3) is 2.68. The highest BCUT2D eigenvalue weighted by molar-refractivity contribution is 9.10. The number of aryl methyl sites for hydroxylation is 1. The van der Waals surface area contributed by atoms with Gasteiger partial charge in [0.1, 0.15) is 6.10 Å². The average molecular weight is 292 g/mol. The van der Waals surface area contributed by atoms with Gasteiger partial charge in [-0.15, -0.1) is 0 Å². The van der Waals surface area contributed by atoms with Crippen molar-refractivity contribution in [3.63, 3.8) is 0 Å². The number of rotatable bonds is 2. The molecule has 0 aliphatic rings. The normalized spacial score (nSPS) is 12.4. The number of hydrogen-bond donors (Lipinski definition) is 2. The second kappa shape index (κ2) is 4.90. The number of aliphatic hydroxyl groups excluding tert-OH is 1. The maximum absolute atomic E-state index is 10.3. The summed E-state index contributed by atoms with van der Waals surface area (Å²) in [6.07, 6.45) is -0.678. The molecule has 0 bridgehead atoms. The molecular weight excluding hydrogens is 278 g/mol. The van der Waals surface area contributed by atoms with Crippen molar-refractivity contribution in [1.82, 2.24) is 0 Å². The Morgan fingerprint density at radius 2 is 1.76 bits per heavy atom. The Hall–Kier alpha value is -1.32. The van der Waals surface area contributed by atoms with Crippen molar-refractivity contribution in [1.29, 1.82) is 0 Å². The molecule has 2 aromatic rings. The number of halogens is 1. The summed E-state index contributed by atoms with van der Waals surface area (Å²) in [4.78, 5) is 0. The molecule has 3 heteroatoms. The minimum absolute atomic E-state index is 0.617. The average Bonchev–Trinajstić information content (AvgIpc) is 2.32. The minimum Gasteiger partial charge on any atom is -0.398 e. The van der Waals surface area contributed by atoms with Crippen molar-refractivity contribution < 1.29 is 5.11 Å². The maximum atomic E-state index is 10.3. The zero-order valence-electron chi connectivity index (χ0n) is 9.52. The fourth-order valence-electron chi connectivity index (χ4n) is 1.76. The monoisotopic (exact) mass is 291 g/mol. The number of anilines is 1. The Morgan fingerprint density at radius 1 is 1.12 bits per heavy atom. The van der Waals surface area contributed by atoms with Crippen LogP contribution in [0, 0.1) is 6.92 Å². The smallest absolute Gasteiger partial charge is 0.106 e. The van der Waals surface area contributed by atoms with Gasteiger partial charge in [-0.3, -0.25) is 0 Å². The lowest BCUT2D eigenvalue weighted by molar-refractivity contribution is 0.221. The van der Waals surface area contributed by atoms with Crippen molar-refractivity contribution in [2.75, 3.05) is 5.73 Å². The summed E-state index contributed by atoms with van der Waals surface area (Å²) >= 11 is 3.37. The first kappa shape index (κ1) is 12.1. The molecule has 0 fully saturated rings. The van der Waals surface area contributed by atoms with Gasteiger partial charge in [-0.2, -0.15) is 0 Å². The molecule has 0 heterocycles. The van der Waals surface area contributed by atoms with Crippen LogP contribution in [0.4, 0.5) is 5.69 Å². The van der Waals surface area contributed by atoms with Gasteiger partial charge in [0, 0.05) is 15.7 Å². The molecular formula is C14H14BrNO. The van der Waals surface area contributed by atoms with Gasteiger partial charge < -0.3 is 10.8 Å². The molecule has 0 aliphatic heterocycles. The molecule has 0 spiro atoms. The van der Waals surface area contributed by atoms with Gasteiger partial charge in [-0.25, -0.2) is 0 Å². The second-order valence-corrected chi connectivity index (χ2v) is 5.00. The summed E-state index contributed by atoms with van der Waals surface area (Å²) in [6.45, 7) is 1.98. The molecule has 1 unspecified atom stereocenters. The van der Waals surface area contributed by atoms with E-state index in [1.54, 1.807) is 0 Å². The molecule has 0 amide bonds. The predicted octanol–water partition coefficient (Wildman–Crippen LogP) is 3.42. The predicted molar refractivity (Wildman–Crippen MR) is 73.8 cm³/mol. The number of benzene rings is 2. The third-order valence-corrected chi connectivity index (χ3v) is 3.25. The van der Waals surface area contributed by atoms with E-state index in [0.29, 0.717) is 5.69 Å². The largest absolute Gasteiger partial charge is 0.398 e. The summed E-state index contributed by atoms with van der Waals surface area (Å²) < 4.78 is 0.991. The quantitative estimate of drug-likeness (QED) is 0.833. The van der Waals surface area contributed by atoms with Gasteiger partial charge in [-0.05, 0) is 30.7 Å². The summed E-state index contributed by atoms with van der Waals surface area (Å²) in [7, 11) is 0. The fraction of sp³-hybridized carbons (Fsp3) is 0.143. The topological polar surface area (TPSA) is 46.2 Å². The van der Waals surface area contributed by atoms with Crippen LogP contribution in [0.5, 0.6) is 0 Å². The Labute approximate surface area is 109 Å². The van der Waals surface area contributed by atoms with Gasteiger partial charge in [0.15, 0.2) is 0 Å². The molecule has 0 aliphatic carbocycles. The van der Waals surface area contributed by atoms with E-state index < -0.39 is 6.10 Å². The molecule has 2 aromatic carbocycles. The van der Waals surface area contributed by atoms with E-state index in [-0.39, 0.29) is 0 Å². The number of hydrogen-bond acceptors (Lipinski definition) is 2. The third-order valence-electron chi connectivity index (χ3n) is 2.72. The molecule has 1 atom stereocenters. The Morgan fingerprint density at radius 3 is 2.41 bits per heavy atom. The summed E-state index contributed by atoms with van der Waals surface area (Å²) in [5.41, 5.74) is 9.19. The fourth-order valence-corrected chi connectivity index (χ4v) is 2.02. The van der Waals surface area contributed by atoms with E-state index in [1.807, 2.05) is 49.4 Å². The van der Waals surface area contributed by atoms with Crippen molar-refractivity contribution in [3.8, 4) is 0 Å². The number of nitrogen functional groups attached to an aromatic ring is 1. The zero-order valence-corrected chi connectivity index (χ0v) is 11.1. The molecule has 2 nitrogen and oxygen atoms in total. The van der Waals surface area contributed by atoms with E-state index in [9.17, 15) is 5.11 Å². The van der Waals surface area contributed by atoms with Gasteiger partial charge in [0.05, 0.1) is 0 Å². The molecule has 0 saturated carbocycles. The second-order valence-electron chi connectivity index (χ2n) is 4.09. The van der Waals surface area contributed by atoms with Crippen LogP contribution in [-0.2, 0) is 0 Å². The van der Waals surface area contributed by atoms with E-state index in [0.717, 1.165) is 21.2 Å². The van der Waals surface area contributed by atoms with Crippen molar-refractivity contribution in [2.45, 2.75) is 13.0 Å². The van der Waals surface area contributed by atoms with Gasteiger partial charge in [0.25, 0.3) is 0 Å². The van der Waals surface area contributed by atoms with Crippen LogP contribution in [0.25, 0.3) is 0 Å². The van der Waals surface area contributed by atoms with Crippen LogP contribution < -0.4 is 5.73 Å². The number of nitrogens with two attached hydrogens (primary N) is 1. The summed E-state index contributed by atoms with van der Waals surface area (Å²) in [6, 6.07) is 13.3. The SMILES string of the molecule is Cc1ccc(N)c(C(O)c2ccc(Br)cc2)c1. The lowest BCUT2D eigenvalue weighted by Crippen LogP contribution is -2.04. The van der Waals surface area contributed by atoms with Crippen LogP contribution >= 0.6 is 15.9 Å². The van der Waals surface area contributed by atoms with E-state index in [2.05, 4.69) is 15.9 Å². The highest BCUT2D eigenvalue weighted by atomic mass is 79.9. The van der Waals surface area contributed by atoms with Crippen LogP contribution in [0.2, 0.25) is 0 Å². The van der Waals surface area contributed by atoms with Gasteiger partial charge in [-0.1, -0.05) is 45.8 Å². The molecule has 88 valence electrons. The van der Waals surface area contributed by atoms with Crippen LogP contribution in [-0.4, -0.2) is 5.11 Å². The van der Waals surface area contributed by atoms with Crippen LogP contribution in [0.3, 0.4) is 0 Å². The minimum atomic E-state index is -0.678. The van der Waals surface area contributed by atoms with E-state index >= 15 is 0 Å². The van der Waals surface area contributed by atoms with Crippen molar-refractivity contribution in [3.05, 3.63) is 63.6 Å². The van der Waals surface area contributed by atoms with E-state index in [4.69, 9.17) is 5.73 Å². The van der Waals surface area contributed by atoms with Crippen LogP contribution in [0.15, 0.2) is 46.9 Å². The first-order valence-corrected chi connectivity index (χ1v) is 6.17. The molecule has 3 N–H and O–H groups in total. The van der Waals surface area contributed by atoms with Crippen LogP contribution in [0.1, 0.15) is 22.8 Å². The Kier molecular flexibility index (Phi) is 3.50. The molecule has 2 rings (SSSR count). The standard InChI is InChI=1S/C14H14BrNO/c1-9-2-7-13(16)12(8-9)14(17)10-3-5-11(15)6-4-10/h2-8,14,17H,16H2,1H3. The maximum Gasteiger partial charge on any atom is 0.106 e. The summed E-state index contributed by atoms with van der Waals surface area (Å²) in [5.74, 6) is 0. The molecule has 0 saturated heterocycles. The molecule has 17 heavy (non-hydrogen) atoms. The first-order chi connectivity index (χ1) is 8.08. The zero-order chi connectivity index (χ0) is 12.4. The lowest BCUT2D eigenvalue weighted by atomic mass is 9.98. The molecule has 0 aromatic heterocycles. The first-order valence-electron chi connectivity index (χ1n) is 5.37. The van der Waals surface area contributed by atoms with Crippen molar-refractivity contribution >= 4 is 21.6 Å².